The number of carbonyl (C=O) groups is 1. The van der Waals surface area contributed by atoms with Crippen molar-refractivity contribution in [3.63, 3.8) is 0 Å². The fraction of sp³-hybridized carbons (Fsp3) is 0.750. The largest absolute Gasteiger partial charge is 0.465 e. The monoisotopic (exact) mass is 150 g/mol. The van der Waals surface area contributed by atoms with Gasteiger partial charge in [-0.2, -0.15) is 0 Å². The average molecular weight is 150 g/mol. The summed E-state index contributed by atoms with van der Waals surface area (Å²) < 4.78 is 14.8. The van der Waals surface area contributed by atoms with Crippen LogP contribution in [0.4, 0.5) is 0 Å². The SMILES string of the molecule is O=C1CC([PH](=O)O)CO1. The Labute approximate surface area is 52.7 Å². The van der Waals surface area contributed by atoms with Gasteiger partial charge in [-0.25, -0.2) is 0 Å². The van der Waals surface area contributed by atoms with Gasteiger partial charge in [-0.15, -0.1) is 0 Å². The summed E-state index contributed by atoms with van der Waals surface area (Å²) in [6.45, 7) is 0.118. The van der Waals surface area contributed by atoms with Gasteiger partial charge in [0.05, 0.1) is 12.1 Å². The molecule has 0 aliphatic carbocycles. The first-order valence-corrected chi connectivity index (χ1v) is 4.02. The maximum Gasteiger partial charge on any atom is 0.306 e. The molecular formula is C4H7O4P. The number of hydrogen-bond acceptors (Lipinski definition) is 3. The molecule has 0 amide bonds. The molecule has 1 heterocycles. The molecule has 0 radical (unpaired) electrons. The molecule has 5 heteroatoms. The quantitative estimate of drug-likeness (QED) is 0.414. The molecule has 4 nitrogen and oxygen atoms in total. The van der Waals surface area contributed by atoms with Crippen LogP contribution in [-0.4, -0.2) is 23.1 Å². The normalized spacial score (nSPS) is 29.9. The van der Waals surface area contributed by atoms with Crippen LogP contribution in [0.1, 0.15) is 6.42 Å². The zero-order valence-electron chi connectivity index (χ0n) is 4.66. The Balaban J connectivity index is 2.48. The van der Waals surface area contributed by atoms with Gasteiger partial charge in [0.15, 0.2) is 8.03 Å². The number of ether oxygens (including phenoxy) is 1. The first-order valence-electron chi connectivity index (χ1n) is 2.58. The highest BCUT2D eigenvalue weighted by Crippen LogP contribution is 2.29. The number of cyclic esters (lactones) is 1. The highest BCUT2D eigenvalue weighted by molar-refractivity contribution is 7.39. The van der Waals surface area contributed by atoms with E-state index in [9.17, 15) is 9.36 Å². The van der Waals surface area contributed by atoms with Gasteiger partial charge in [-0.1, -0.05) is 0 Å². The summed E-state index contributed by atoms with van der Waals surface area (Å²) in [6, 6.07) is 0. The van der Waals surface area contributed by atoms with E-state index < -0.39 is 13.7 Å². The Hall–Kier alpha value is -0.340. The van der Waals surface area contributed by atoms with E-state index in [2.05, 4.69) is 4.74 Å². The van der Waals surface area contributed by atoms with Crippen molar-refractivity contribution in [2.24, 2.45) is 0 Å². The third kappa shape index (κ3) is 1.53. The van der Waals surface area contributed by atoms with Crippen LogP contribution in [0, 0.1) is 0 Å². The predicted molar refractivity (Wildman–Crippen MR) is 30.6 cm³/mol. The lowest BCUT2D eigenvalue weighted by Crippen LogP contribution is -1.98. The van der Waals surface area contributed by atoms with Crippen molar-refractivity contribution in [1.82, 2.24) is 0 Å². The number of hydrogen-bond donors (Lipinski definition) is 1. The van der Waals surface area contributed by atoms with E-state index in [0.717, 1.165) is 0 Å². The van der Waals surface area contributed by atoms with Gasteiger partial charge in [0.25, 0.3) is 0 Å². The van der Waals surface area contributed by atoms with Gasteiger partial charge in [0.2, 0.25) is 0 Å². The molecule has 0 aromatic carbocycles. The van der Waals surface area contributed by atoms with E-state index in [0.29, 0.717) is 0 Å². The predicted octanol–water partition coefficient (Wildman–Crippen LogP) is -0.231. The second-order valence-electron chi connectivity index (χ2n) is 1.92. The summed E-state index contributed by atoms with van der Waals surface area (Å²) in [7, 11) is -2.54. The first-order chi connectivity index (χ1) is 4.20. The number of carbonyl (C=O) groups excluding carboxylic acids is 1. The van der Waals surface area contributed by atoms with E-state index >= 15 is 0 Å². The molecule has 0 aromatic rings. The fourth-order valence-corrected chi connectivity index (χ4v) is 1.24. The Morgan fingerprint density at radius 1 is 1.78 bits per heavy atom. The zero-order chi connectivity index (χ0) is 6.85. The molecule has 52 valence electrons. The molecule has 0 aromatic heterocycles. The zero-order valence-corrected chi connectivity index (χ0v) is 5.66. The van der Waals surface area contributed by atoms with Crippen molar-refractivity contribution in [1.29, 1.82) is 0 Å². The summed E-state index contributed by atoms with van der Waals surface area (Å²) >= 11 is 0. The minimum Gasteiger partial charge on any atom is -0.465 e. The molecular weight excluding hydrogens is 143 g/mol. The molecule has 1 aliphatic rings. The molecule has 0 saturated carbocycles. The minimum absolute atomic E-state index is 0.105. The van der Waals surface area contributed by atoms with E-state index in [1.165, 1.54) is 0 Å². The first kappa shape index (κ1) is 6.78. The van der Waals surface area contributed by atoms with Crippen molar-refractivity contribution >= 4 is 14.0 Å². The lowest BCUT2D eigenvalue weighted by atomic mass is 10.4. The molecule has 2 atom stereocenters. The number of esters is 1. The third-order valence-electron chi connectivity index (χ3n) is 1.21. The molecule has 1 saturated heterocycles. The fourth-order valence-electron chi connectivity index (χ4n) is 0.671. The van der Waals surface area contributed by atoms with Gasteiger partial charge < -0.3 is 9.63 Å². The summed E-state index contributed by atoms with van der Waals surface area (Å²) in [4.78, 5) is 18.8. The molecule has 1 N–H and O–H groups in total. The van der Waals surface area contributed by atoms with Gasteiger partial charge in [0.1, 0.15) is 6.61 Å². The second kappa shape index (κ2) is 2.50. The standard InChI is InChI=1S/C4H7O4P/c5-4-1-3(2-8-4)9(6)7/h3,9H,1-2H2,(H,6,7). The van der Waals surface area contributed by atoms with Gasteiger partial charge >= 0.3 is 5.97 Å². The van der Waals surface area contributed by atoms with E-state index in [1.807, 2.05) is 0 Å². The molecule has 0 spiro atoms. The molecule has 1 fully saturated rings. The van der Waals surface area contributed by atoms with Gasteiger partial charge in [-0.3, -0.25) is 9.36 Å². The summed E-state index contributed by atoms with van der Waals surface area (Å²) in [6.07, 6.45) is 0.105. The summed E-state index contributed by atoms with van der Waals surface area (Å²) in [5.74, 6) is -0.368. The van der Waals surface area contributed by atoms with Crippen molar-refractivity contribution in [2.45, 2.75) is 12.1 Å². The van der Waals surface area contributed by atoms with Crippen LogP contribution >= 0.6 is 8.03 Å². The van der Waals surface area contributed by atoms with Crippen molar-refractivity contribution in [2.75, 3.05) is 6.61 Å². The second-order valence-corrected chi connectivity index (χ2v) is 3.42. The highest BCUT2D eigenvalue weighted by Gasteiger charge is 2.27. The van der Waals surface area contributed by atoms with Crippen LogP contribution in [-0.2, 0) is 14.1 Å². The van der Waals surface area contributed by atoms with Crippen molar-refractivity contribution in [3.05, 3.63) is 0 Å². The minimum atomic E-state index is -2.54. The lowest BCUT2D eigenvalue weighted by molar-refractivity contribution is -0.137. The molecule has 2 unspecified atom stereocenters. The van der Waals surface area contributed by atoms with E-state index in [4.69, 9.17) is 4.89 Å². The molecule has 1 rings (SSSR count). The molecule has 0 bridgehead atoms. The van der Waals surface area contributed by atoms with Crippen LogP contribution in [0.2, 0.25) is 0 Å². The Morgan fingerprint density at radius 2 is 2.44 bits per heavy atom. The Kier molecular flexibility index (Phi) is 1.88. The van der Waals surface area contributed by atoms with Crippen molar-refractivity contribution < 1.29 is 19.0 Å². The number of rotatable bonds is 1. The van der Waals surface area contributed by atoms with E-state index in [1.54, 1.807) is 0 Å². The third-order valence-corrected chi connectivity index (χ3v) is 2.28. The van der Waals surface area contributed by atoms with Crippen LogP contribution in [0.25, 0.3) is 0 Å². The average Bonchev–Trinajstić information content (AvgIpc) is 2.14. The topological polar surface area (TPSA) is 63.6 Å². The van der Waals surface area contributed by atoms with E-state index in [-0.39, 0.29) is 19.0 Å². The van der Waals surface area contributed by atoms with Gasteiger partial charge in [-0.05, 0) is 0 Å². The maximum absolute atomic E-state index is 10.3. The summed E-state index contributed by atoms with van der Waals surface area (Å²) in [5.41, 5.74) is -0.428. The van der Waals surface area contributed by atoms with Crippen LogP contribution in [0.15, 0.2) is 0 Å². The highest BCUT2D eigenvalue weighted by atomic mass is 31.1. The lowest BCUT2D eigenvalue weighted by Gasteiger charge is -1.95. The maximum atomic E-state index is 10.3. The summed E-state index contributed by atoms with van der Waals surface area (Å²) in [5, 5.41) is 0. The van der Waals surface area contributed by atoms with Crippen molar-refractivity contribution in [3.8, 4) is 0 Å². The van der Waals surface area contributed by atoms with Crippen LogP contribution < -0.4 is 0 Å². The smallest absolute Gasteiger partial charge is 0.306 e. The Morgan fingerprint density at radius 3 is 2.67 bits per heavy atom. The Bertz CT molecular complexity index is 155. The van der Waals surface area contributed by atoms with Crippen LogP contribution in [0.3, 0.4) is 0 Å². The molecule has 9 heavy (non-hydrogen) atoms. The van der Waals surface area contributed by atoms with Gasteiger partial charge in [0, 0.05) is 0 Å². The molecule has 1 aliphatic heterocycles. The van der Waals surface area contributed by atoms with Crippen LogP contribution in [0.5, 0.6) is 0 Å².